The first-order chi connectivity index (χ1) is 17.2. The second kappa shape index (κ2) is 18.7. The van der Waals surface area contributed by atoms with Gasteiger partial charge in [0.15, 0.2) is 0 Å². The lowest BCUT2D eigenvalue weighted by molar-refractivity contribution is -0.0111. The van der Waals surface area contributed by atoms with Crippen molar-refractivity contribution in [3.63, 3.8) is 0 Å². The zero-order chi connectivity index (χ0) is 26.9. The molecular weight excluding hydrogens is 474 g/mol. The molecular formula is C29H57NO5S. The van der Waals surface area contributed by atoms with E-state index >= 15 is 0 Å². The van der Waals surface area contributed by atoms with E-state index < -0.39 is 10.4 Å². The van der Waals surface area contributed by atoms with Gasteiger partial charge in [0, 0.05) is 6.54 Å². The Kier molecular flexibility index (Phi) is 17.5. The van der Waals surface area contributed by atoms with Crippen LogP contribution in [0, 0.1) is 17.3 Å². The van der Waals surface area contributed by atoms with Gasteiger partial charge in [-0.3, -0.25) is 4.55 Å². The fraction of sp³-hybridized carbons (Fsp3) is 0.931. The van der Waals surface area contributed by atoms with Crippen LogP contribution in [0.15, 0.2) is 11.6 Å². The Morgan fingerprint density at radius 1 is 0.917 bits per heavy atom. The van der Waals surface area contributed by atoms with Gasteiger partial charge in [-0.15, -0.1) is 0 Å². The summed E-state index contributed by atoms with van der Waals surface area (Å²) in [6.07, 6.45) is 18.2. The minimum absolute atomic E-state index is 0.0926. The van der Waals surface area contributed by atoms with Crippen molar-refractivity contribution < 1.29 is 21.9 Å². The molecule has 0 heterocycles. The van der Waals surface area contributed by atoms with Gasteiger partial charge in [-0.1, -0.05) is 104 Å². The number of unbranched alkanes of at least 4 members (excludes halogenated alkanes) is 9. The van der Waals surface area contributed by atoms with Gasteiger partial charge < -0.3 is 9.64 Å². The van der Waals surface area contributed by atoms with Gasteiger partial charge in [-0.05, 0) is 56.0 Å². The maximum atomic E-state index is 10.2. The van der Waals surface area contributed by atoms with Gasteiger partial charge in [0.05, 0.1) is 19.8 Å². The van der Waals surface area contributed by atoms with Crippen LogP contribution in [-0.2, 0) is 19.3 Å². The predicted octanol–water partition coefficient (Wildman–Crippen LogP) is 7.45. The third kappa shape index (κ3) is 13.9. The largest absolute Gasteiger partial charge is 0.397 e. The molecule has 214 valence electrons. The molecule has 36 heavy (non-hydrogen) atoms. The zero-order valence-electron chi connectivity index (χ0n) is 24.1. The summed E-state index contributed by atoms with van der Waals surface area (Å²) >= 11 is 0. The van der Waals surface area contributed by atoms with E-state index in [9.17, 15) is 8.42 Å². The molecule has 0 aromatic rings. The highest BCUT2D eigenvalue weighted by molar-refractivity contribution is 7.80. The third-order valence-corrected chi connectivity index (χ3v) is 8.76. The summed E-state index contributed by atoms with van der Waals surface area (Å²) in [6, 6.07) is 0. The summed E-state index contributed by atoms with van der Waals surface area (Å²) in [5.74, 6) is 1.79. The Morgan fingerprint density at radius 3 is 2.00 bits per heavy atom. The normalized spacial score (nSPS) is 20.5. The van der Waals surface area contributed by atoms with E-state index in [0.29, 0.717) is 11.8 Å². The monoisotopic (exact) mass is 531 g/mol. The number of hydrogen-bond donors (Lipinski definition) is 1. The number of fused-ring (bicyclic) bond motifs is 1. The van der Waals surface area contributed by atoms with Crippen molar-refractivity contribution in [2.75, 3.05) is 39.5 Å². The predicted molar refractivity (Wildman–Crippen MR) is 151 cm³/mol. The molecule has 3 aliphatic carbocycles. The number of likely N-dealkylation sites (N-methyl/N-ethyl adjacent to an activating group) is 1. The molecule has 0 aromatic heterocycles. The van der Waals surface area contributed by atoms with Crippen molar-refractivity contribution in [2.45, 2.75) is 118 Å². The lowest BCUT2D eigenvalue weighted by Gasteiger charge is -2.56. The van der Waals surface area contributed by atoms with Crippen molar-refractivity contribution in [3.8, 4) is 0 Å². The lowest BCUT2D eigenvalue weighted by Crippen LogP contribution is -2.48. The maximum absolute atomic E-state index is 10.2. The molecule has 7 heteroatoms. The number of nitrogens with zero attached hydrogens (tertiary/aromatic N) is 1. The molecule has 0 saturated heterocycles. The maximum Gasteiger partial charge on any atom is 0.397 e. The highest BCUT2D eigenvalue weighted by atomic mass is 32.3. The summed E-state index contributed by atoms with van der Waals surface area (Å²) in [4.78, 5) is 2.42. The quantitative estimate of drug-likeness (QED) is 0.0998. The van der Waals surface area contributed by atoms with Crippen LogP contribution >= 0.6 is 0 Å². The highest BCUT2D eigenvalue weighted by Gasteiger charge is 2.50. The lowest BCUT2D eigenvalue weighted by atomic mass is 9.48. The molecule has 0 aliphatic heterocycles. The van der Waals surface area contributed by atoms with Gasteiger partial charge >= 0.3 is 10.4 Å². The Morgan fingerprint density at radius 2 is 1.50 bits per heavy atom. The highest BCUT2D eigenvalue weighted by Crippen LogP contribution is 2.59. The van der Waals surface area contributed by atoms with E-state index in [2.05, 4.69) is 49.8 Å². The van der Waals surface area contributed by atoms with E-state index in [4.69, 9.17) is 9.29 Å². The first-order valence-electron chi connectivity index (χ1n) is 14.8. The van der Waals surface area contributed by atoms with Crippen LogP contribution in [0.2, 0.25) is 0 Å². The van der Waals surface area contributed by atoms with E-state index in [0.717, 1.165) is 63.9 Å². The molecule has 2 unspecified atom stereocenters. The Balaban J connectivity index is 0.000000363. The van der Waals surface area contributed by atoms with Crippen LogP contribution in [-0.4, -0.2) is 57.3 Å². The standard InChI is InChI=1S/C17H31NO.C12H26O4S/c1-5-18(6-2)10-12-19-11-9-14-7-8-15-13-16(14)17(15,3)4;1-2-3-4-5-6-7-8-9-10-11-12-16-17(13,14)15/h7,15-16H,5-6,8-13H2,1-4H3;2-12H2,1H3,(H,13,14,15). The smallest absolute Gasteiger partial charge is 0.380 e. The molecule has 0 amide bonds. The minimum atomic E-state index is -4.23. The number of allylic oxidation sites excluding steroid dienone is 1. The Bertz CT molecular complexity index is 688. The van der Waals surface area contributed by atoms with Crippen LogP contribution in [0.25, 0.3) is 0 Å². The van der Waals surface area contributed by atoms with E-state index in [1.54, 1.807) is 5.57 Å². The molecule has 2 bridgehead atoms. The van der Waals surface area contributed by atoms with Crippen molar-refractivity contribution >= 4 is 10.4 Å². The summed E-state index contributed by atoms with van der Waals surface area (Å²) in [5, 5.41) is 0. The van der Waals surface area contributed by atoms with E-state index in [1.165, 1.54) is 57.8 Å². The van der Waals surface area contributed by atoms with Gasteiger partial charge in [-0.25, -0.2) is 4.18 Å². The molecule has 6 nitrogen and oxygen atoms in total. The van der Waals surface area contributed by atoms with Gasteiger partial charge in [0.25, 0.3) is 0 Å². The zero-order valence-corrected chi connectivity index (χ0v) is 24.9. The molecule has 1 N–H and O–H groups in total. The van der Waals surface area contributed by atoms with Crippen molar-refractivity contribution in [1.82, 2.24) is 4.90 Å². The molecule has 1 fully saturated rings. The van der Waals surface area contributed by atoms with Crippen molar-refractivity contribution in [3.05, 3.63) is 11.6 Å². The van der Waals surface area contributed by atoms with E-state index in [-0.39, 0.29) is 6.61 Å². The van der Waals surface area contributed by atoms with Crippen LogP contribution in [0.3, 0.4) is 0 Å². The first kappa shape index (κ1) is 33.6. The third-order valence-electron chi connectivity index (χ3n) is 8.29. The number of ether oxygens (including phenoxy) is 1. The van der Waals surface area contributed by atoms with Crippen LogP contribution in [0.4, 0.5) is 0 Å². The fourth-order valence-corrected chi connectivity index (χ4v) is 5.87. The summed E-state index contributed by atoms with van der Waals surface area (Å²) in [5.41, 5.74) is 2.24. The number of hydrogen-bond acceptors (Lipinski definition) is 5. The van der Waals surface area contributed by atoms with Crippen molar-refractivity contribution in [1.29, 1.82) is 0 Å². The van der Waals surface area contributed by atoms with Gasteiger partial charge in [0.2, 0.25) is 0 Å². The summed E-state index contributed by atoms with van der Waals surface area (Å²) in [6.45, 7) is 16.7. The SMILES string of the molecule is CCCCCCCCCCCCOS(=O)(=O)O.CCN(CC)CCOCCC1=CCC2CC1C2(C)C. The van der Waals surface area contributed by atoms with Crippen LogP contribution in [0.5, 0.6) is 0 Å². The molecule has 0 radical (unpaired) electrons. The summed E-state index contributed by atoms with van der Waals surface area (Å²) in [7, 11) is -4.23. The average molecular weight is 532 g/mol. The van der Waals surface area contributed by atoms with E-state index in [1.807, 2.05) is 0 Å². The van der Waals surface area contributed by atoms with Crippen molar-refractivity contribution in [2.24, 2.45) is 17.3 Å². The Hall–Kier alpha value is -0.470. The van der Waals surface area contributed by atoms with Crippen LogP contribution < -0.4 is 0 Å². The molecule has 1 saturated carbocycles. The fourth-order valence-electron chi connectivity index (χ4n) is 5.54. The molecule has 0 aromatic carbocycles. The molecule has 3 aliphatic rings. The second-order valence-electron chi connectivity index (χ2n) is 11.1. The van der Waals surface area contributed by atoms with Crippen LogP contribution in [0.1, 0.15) is 118 Å². The second-order valence-corrected chi connectivity index (χ2v) is 12.2. The molecule has 2 atom stereocenters. The topological polar surface area (TPSA) is 76.1 Å². The van der Waals surface area contributed by atoms with Gasteiger partial charge in [-0.2, -0.15) is 8.42 Å². The van der Waals surface area contributed by atoms with Gasteiger partial charge in [0.1, 0.15) is 0 Å². The Labute approximate surface area is 223 Å². The molecule has 0 spiro atoms. The first-order valence-corrected chi connectivity index (χ1v) is 16.1. The molecule has 3 rings (SSSR count). The average Bonchev–Trinajstić information content (AvgIpc) is 2.84. The minimum Gasteiger partial charge on any atom is -0.380 e. The number of rotatable bonds is 20. The summed E-state index contributed by atoms with van der Waals surface area (Å²) < 4.78 is 38.8.